The molecule has 2 amide bonds. The second-order valence-corrected chi connectivity index (χ2v) is 6.73. The van der Waals surface area contributed by atoms with Crippen molar-refractivity contribution in [2.45, 2.75) is 39.0 Å². The molecule has 1 atom stereocenters. The van der Waals surface area contributed by atoms with Crippen LogP contribution in [0.25, 0.3) is 10.9 Å². The summed E-state index contributed by atoms with van der Waals surface area (Å²) in [4.78, 5) is 27.4. The van der Waals surface area contributed by atoms with Crippen LogP contribution in [0, 0.1) is 0 Å². The number of methoxy groups -OCH3 is 1. The van der Waals surface area contributed by atoms with E-state index in [9.17, 15) is 9.59 Å². The molecule has 7 nitrogen and oxygen atoms in total. The van der Waals surface area contributed by atoms with Crippen LogP contribution in [0.5, 0.6) is 0 Å². The molecule has 0 saturated carbocycles. The van der Waals surface area contributed by atoms with Crippen molar-refractivity contribution >= 4 is 22.9 Å². The molecule has 2 rings (SSSR count). The first-order valence-electron chi connectivity index (χ1n) is 8.11. The van der Waals surface area contributed by atoms with Crippen LogP contribution < -0.4 is 10.6 Å². The Labute approximate surface area is 147 Å². The van der Waals surface area contributed by atoms with Crippen molar-refractivity contribution in [1.82, 2.24) is 15.6 Å². The van der Waals surface area contributed by atoms with Gasteiger partial charge in [-0.1, -0.05) is 12.1 Å². The number of alkyl carbamates (subject to hydrolysis) is 1. The van der Waals surface area contributed by atoms with Gasteiger partial charge in [0.05, 0.1) is 6.61 Å². The van der Waals surface area contributed by atoms with Crippen molar-refractivity contribution in [3.05, 3.63) is 36.0 Å². The van der Waals surface area contributed by atoms with Crippen LogP contribution in [0.15, 0.2) is 30.5 Å². The monoisotopic (exact) mass is 347 g/mol. The molecule has 1 heterocycles. The van der Waals surface area contributed by atoms with E-state index in [1.54, 1.807) is 20.8 Å². The molecule has 0 bridgehead atoms. The summed E-state index contributed by atoms with van der Waals surface area (Å²) in [6.45, 7) is 5.68. The molecule has 0 aliphatic heterocycles. The number of amides is 2. The molecule has 0 saturated heterocycles. The molecule has 3 N–H and O–H groups in total. The van der Waals surface area contributed by atoms with E-state index in [4.69, 9.17) is 9.47 Å². The molecule has 7 heteroatoms. The summed E-state index contributed by atoms with van der Waals surface area (Å²) >= 11 is 0. The fraction of sp³-hybridized carbons (Fsp3) is 0.444. The minimum absolute atomic E-state index is 0.0550. The van der Waals surface area contributed by atoms with Crippen molar-refractivity contribution in [1.29, 1.82) is 0 Å². The number of hydrogen-bond donors (Lipinski definition) is 3. The van der Waals surface area contributed by atoms with Gasteiger partial charge in [-0.05, 0) is 38.5 Å². The summed E-state index contributed by atoms with van der Waals surface area (Å²) < 4.78 is 10.2. The number of carbonyl (C=O) groups is 2. The van der Waals surface area contributed by atoms with Crippen LogP contribution in [0.3, 0.4) is 0 Å². The standard InChI is InChI=1S/C18H25N3O4/c1-18(2,3)25-17(23)21-15(11-24-4)16(22)20-10-12-6-5-7-14-13(12)8-9-19-14/h5-9,15,19H,10-11H2,1-4H3,(H,20,22)(H,21,23). The van der Waals surface area contributed by atoms with Crippen LogP contribution in [-0.4, -0.2) is 42.3 Å². The smallest absolute Gasteiger partial charge is 0.408 e. The highest BCUT2D eigenvalue weighted by Gasteiger charge is 2.24. The molecule has 1 unspecified atom stereocenters. The predicted molar refractivity (Wildman–Crippen MR) is 95.2 cm³/mol. The van der Waals surface area contributed by atoms with Gasteiger partial charge in [-0.2, -0.15) is 0 Å². The highest BCUT2D eigenvalue weighted by Crippen LogP contribution is 2.17. The third-order valence-corrected chi connectivity index (χ3v) is 3.48. The summed E-state index contributed by atoms with van der Waals surface area (Å²) in [6, 6.07) is 6.97. The fourth-order valence-electron chi connectivity index (χ4n) is 2.41. The van der Waals surface area contributed by atoms with E-state index >= 15 is 0 Å². The largest absolute Gasteiger partial charge is 0.444 e. The molecule has 136 valence electrons. The number of H-pyrrole nitrogens is 1. The Balaban J connectivity index is 1.98. The summed E-state index contributed by atoms with van der Waals surface area (Å²) in [6.07, 6.45) is 1.20. The van der Waals surface area contributed by atoms with Gasteiger partial charge in [-0.15, -0.1) is 0 Å². The Morgan fingerprint density at radius 2 is 2.00 bits per heavy atom. The topological polar surface area (TPSA) is 92.4 Å². The zero-order valence-corrected chi connectivity index (χ0v) is 15.0. The van der Waals surface area contributed by atoms with Gasteiger partial charge < -0.3 is 25.1 Å². The first-order valence-corrected chi connectivity index (χ1v) is 8.11. The molecule has 0 aliphatic rings. The lowest BCUT2D eigenvalue weighted by molar-refractivity contribution is -0.124. The van der Waals surface area contributed by atoms with Gasteiger partial charge in [0.15, 0.2) is 0 Å². The molecule has 1 aromatic heterocycles. The third kappa shape index (κ3) is 5.49. The molecular weight excluding hydrogens is 322 g/mol. The summed E-state index contributed by atoms with van der Waals surface area (Å²) in [5, 5.41) is 6.42. The third-order valence-electron chi connectivity index (χ3n) is 3.48. The number of nitrogens with one attached hydrogen (secondary N) is 3. The molecule has 0 aliphatic carbocycles. The van der Waals surface area contributed by atoms with Gasteiger partial charge in [0.2, 0.25) is 5.91 Å². The average molecular weight is 347 g/mol. The minimum atomic E-state index is -0.828. The SMILES string of the molecule is COCC(NC(=O)OC(C)(C)C)C(=O)NCc1cccc2[nH]ccc12. The summed E-state index contributed by atoms with van der Waals surface area (Å²) in [5.41, 5.74) is 1.36. The lowest BCUT2D eigenvalue weighted by Crippen LogP contribution is -2.50. The van der Waals surface area contributed by atoms with Crippen molar-refractivity contribution in [2.24, 2.45) is 0 Å². The van der Waals surface area contributed by atoms with E-state index in [1.165, 1.54) is 7.11 Å². The Bertz CT molecular complexity index is 733. The lowest BCUT2D eigenvalue weighted by atomic mass is 10.1. The van der Waals surface area contributed by atoms with Crippen LogP contribution in [-0.2, 0) is 20.8 Å². The minimum Gasteiger partial charge on any atom is -0.444 e. The molecule has 25 heavy (non-hydrogen) atoms. The number of rotatable bonds is 6. The average Bonchev–Trinajstić information content (AvgIpc) is 2.99. The number of carbonyl (C=O) groups excluding carboxylic acids is 2. The number of aromatic amines is 1. The quantitative estimate of drug-likeness (QED) is 0.748. The maximum absolute atomic E-state index is 12.4. The number of ether oxygens (including phenoxy) is 2. The van der Waals surface area contributed by atoms with Gasteiger partial charge in [0.25, 0.3) is 0 Å². The fourth-order valence-corrected chi connectivity index (χ4v) is 2.41. The van der Waals surface area contributed by atoms with E-state index in [1.807, 2.05) is 30.5 Å². The van der Waals surface area contributed by atoms with Crippen LogP contribution in [0.1, 0.15) is 26.3 Å². The maximum atomic E-state index is 12.4. The van der Waals surface area contributed by atoms with E-state index in [0.29, 0.717) is 6.54 Å². The van der Waals surface area contributed by atoms with Gasteiger partial charge in [0.1, 0.15) is 11.6 Å². The number of aromatic nitrogens is 1. The van der Waals surface area contributed by atoms with Crippen LogP contribution in [0.2, 0.25) is 0 Å². The highest BCUT2D eigenvalue weighted by atomic mass is 16.6. The molecular formula is C18H25N3O4. The van der Waals surface area contributed by atoms with Gasteiger partial charge in [-0.3, -0.25) is 4.79 Å². The Morgan fingerprint density at radius 1 is 1.24 bits per heavy atom. The normalized spacial score (nSPS) is 12.6. The Hall–Kier alpha value is -2.54. The van der Waals surface area contributed by atoms with Crippen molar-refractivity contribution < 1.29 is 19.1 Å². The second kappa shape index (κ2) is 8.02. The van der Waals surface area contributed by atoms with Crippen molar-refractivity contribution in [2.75, 3.05) is 13.7 Å². The van der Waals surface area contributed by atoms with E-state index in [0.717, 1.165) is 16.5 Å². The molecule has 0 spiro atoms. The first kappa shape index (κ1) is 18.8. The van der Waals surface area contributed by atoms with E-state index < -0.39 is 17.7 Å². The zero-order chi connectivity index (χ0) is 18.4. The second-order valence-electron chi connectivity index (χ2n) is 6.73. The van der Waals surface area contributed by atoms with Crippen LogP contribution in [0.4, 0.5) is 4.79 Å². The predicted octanol–water partition coefficient (Wildman–Crippen LogP) is 2.32. The lowest BCUT2D eigenvalue weighted by Gasteiger charge is -2.23. The van der Waals surface area contributed by atoms with Crippen molar-refractivity contribution in [3.63, 3.8) is 0 Å². The highest BCUT2D eigenvalue weighted by molar-refractivity contribution is 5.87. The van der Waals surface area contributed by atoms with Gasteiger partial charge >= 0.3 is 6.09 Å². The van der Waals surface area contributed by atoms with Crippen LogP contribution >= 0.6 is 0 Å². The molecule has 0 radical (unpaired) electrons. The van der Waals surface area contributed by atoms with Gasteiger partial charge in [-0.25, -0.2) is 4.79 Å². The van der Waals surface area contributed by atoms with Gasteiger partial charge in [0, 0.05) is 30.8 Å². The number of fused-ring (bicyclic) bond motifs is 1. The maximum Gasteiger partial charge on any atom is 0.408 e. The summed E-state index contributed by atoms with van der Waals surface area (Å²) in [5.74, 6) is -0.333. The number of hydrogen-bond acceptors (Lipinski definition) is 4. The van der Waals surface area contributed by atoms with E-state index in [-0.39, 0.29) is 12.5 Å². The zero-order valence-electron chi connectivity index (χ0n) is 15.0. The first-order chi connectivity index (χ1) is 11.8. The molecule has 2 aromatic rings. The number of benzene rings is 1. The van der Waals surface area contributed by atoms with Crippen molar-refractivity contribution in [3.8, 4) is 0 Å². The van der Waals surface area contributed by atoms with E-state index in [2.05, 4.69) is 15.6 Å². The molecule has 0 fully saturated rings. The Kier molecular flexibility index (Phi) is 6.03. The summed E-state index contributed by atoms with van der Waals surface area (Å²) in [7, 11) is 1.47. The molecule has 1 aromatic carbocycles. The Morgan fingerprint density at radius 3 is 2.68 bits per heavy atom.